The summed E-state index contributed by atoms with van der Waals surface area (Å²) >= 11 is 0. The standard InChI is InChI=1S/C47H70O16/c1-9-24-25(26(38(55)59-8)21-60-39(24)63-40-35(53)34(52)33(51)29(20-48)62-40)18-32(50)61-22-43(4)30-13-14-45(6)31(42(30,3)19-28(49)37(43)54)11-10-27-36-46(7,58)23(2)12-15-47(36,41(56)57)17-16-44(27,45)5/h9-10,21,23-25,28-31,33-37,39-40,48-49,51-54,58H,1,11-20,22H2,2-8H3,(H,56,57)/t23-,24-,25+,28-,29-,30-,31-,33-,34+,35-,36-,37+,39+,40+,42+,43-,44-,45-,46-,47+/m1/s1. The highest BCUT2D eigenvalue weighted by Crippen LogP contribution is 2.76. The van der Waals surface area contributed by atoms with Crippen molar-refractivity contribution in [2.24, 2.45) is 62.6 Å². The normalized spacial score (nSPS) is 50.4. The number of hydrogen-bond acceptors (Lipinski definition) is 15. The molecule has 7 aliphatic rings. The molecular weight excluding hydrogens is 821 g/mol. The second-order valence-electron chi connectivity index (χ2n) is 21.3. The van der Waals surface area contributed by atoms with E-state index in [4.69, 9.17) is 23.7 Å². The molecule has 7 rings (SSSR count). The van der Waals surface area contributed by atoms with E-state index >= 15 is 0 Å². The minimum Gasteiger partial charge on any atom is -0.481 e. The Morgan fingerprint density at radius 3 is 2.27 bits per heavy atom. The second kappa shape index (κ2) is 16.7. The van der Waals surface area contributed by atoms with Crippen molar-refractivity contribution in [2.75, 3.05) is 20.3 Å². The quantitative estimate of drug-likeness (QED) is 0.116. The number of aliphatic hydroxyl groups excluding tert-OH is 6. The fourth-order valence-corrected chi connectivity index (χ4v) is 14.4. The Morgan fingerprint density at radius 2 is 1.63 bits per heavy atom. The zero-order valence-corrected chi connectivity index (χ0v) is 37.6. The monoisotopic (exact) mass is 890 g/mol. The number of ether oxygens (including phenoxy) is 5. The van der Waals surface area contributed by atoms with Gasteiger partial charge in [0.25, 0.3) is 0 Å². The molecule has 63 heavy (non-hydrogen) atoms. The molecule has 0 radical (unpaired) electrons. The summed E-state index contributed by atoms with van der Waals surface area (Å²) in [7, 11) is 1.17. The van der Waals surface area contributed by atoms with Crippen molar-refractivity contribution < 1.29 is 78.9 Å². The first kappa shape index (κ1) is 48.0. The fraction of sp³-hybridized carbons (Fsp3) is 0.809. The van der Waals surface area contributed by atoms with E-state index in [2.05, 4.69) is 33.4 Å². The Balaban J connectivity index is 1.13. The number of fused-ring (bicyclic) bond motifs is 7. The Morgan fingerprint density at radius 1 is 0.937 bits per heavy atom. The van der Waals surface area contributed by atoms with Gasteiger partial charge in [-0.05, 0) is 92.3 Å². The van der Waals surface area contributed by atoms with E-state index in [1.165, 1.54) is 13.2 Å². The van der Waals surface area contributed by atoms with Crippen LogP contribution in [0.15, 0.2) is 36.1 Å². The number of allylic oxidation sites excluding steroid dienone is 1. The highest BCUT2D eigenvalue weighted by molar-refractivity contribution is 5.90. The number of carboxylic acids is 1. The predicted octanol–water partition coefficient (Wildman–Crippen LogP) is 2.74. The van der Waals surface area contributed by atoms with Crippen LogP contribution in [0.5, 0.6) is 0 Å². The van der Waals surface area contributed by atoms with Gasteiger partial charge >= 0.3 is 17.9 Å². The smallest absolute Gasteiger partial charge is 0.337 e. The third kappa shape index (κ3) is 7.15. The summed E-state index contributed by atoms with van der Waals surface area (Å²) in [4.78, 5) is 40.2. The van der Waals surface area contributed by atoms with E-state index < -0.39 is 125 Å². The third-order valence-corrected chi connectivity index (χ3v) is 18.5. The fourth-order valence-electron chi connectivity index (χ4n) is 14.4. The number of carboxylic acid groups (broad SMARTS) is 1. The zero-order valence-electron chi connectivity index (χ0n) is 37.6. The van der Waals surface area contributed by atoms with Gasteiger partial charge in [0.05, 0.1) is 61.8 Å². The Bertz CT molecular complexity index is 1860. The number of aliphatic hydroxyl groups is 7. The minimum absolute atomic E-state index is 0.00179. The average Bonchev–Trinajstić information content (AvgIpc) is 3.23. The number of carbonyl (C=O) groups is 3. The van der Waals surface area contributed by atoms with Crippen LogP contribution >= 0.6 is 0 Å². The van der Waals surface area contributed by atoms with Crippen LogP contribution < -0.4 is 0 Å². The first-order chi connectivity index (χ1) is 29.4. The van der Waals surface area contributed by atoms with Crippen LogP contribution in [0.1, 0.15) is 99.3 Å². The van der Waals surface area contributed by atoms with E-state index in [0.29, 0.717) is 44.9 Å². The molecule has 0 aromatic carbocycles. The first-order valence-corrected chi connectivity index (χ1v) is 22.6. The number of rotatable bonds is 10. The van der Waals surface area contributed by atoms with Crippen LogP contribution in [-0.2, 0) is 38.1 Å². The van der Waals surface area contributed by atoms with Crippen LogP contribution in [0.25, 0.3) is 0 Å². The second-order valence-corrected chi connectivity index (χ2v) is 21.3. The van der Waals surface area contributed by atoms with Crippen molar-refractivity contribution in [1.82, 2.24) is 0 Å². The molecule has 16 heteroatoms. The molecule has 1 saturated heterocycles. The summed E-state index contributed by atoms with van der Waals surface area (Å²) in [6, 6.07) is 0. The molecule has 20 atom stereocenters. The summed E-state index contributed by atoms with van der Waals surface area (Å²) in [6.07, 6.45) is -2.89. The van der Waals surface area contributed by atoms with E-state index in [-0.39, 0.29) is 35.3 Å². The highest BCUT2D eigenvalue weighted by atomic mass is 16.8. The van der Waals surface area contributed by atoms with Crippen molar-refractivity contribution in [3.8, 4) is 0 Å². The Kier molecular flexibility index (Phi) is 12.8. The molecule has 0 bridgehead atoms. The van der Waals surface area contributed by atoms with Crippen LogP contribution in [0.3, 0.4) is 0 Å². The van der Waals surface area contributed by atoms with Gasteiger partial charge in [0.15, 0.2) is 6.29 Å². The molecule has 8 N–H and O–H groups in total. The van der Waals surface area contributed by atoms with Crippen LogP contribution in [0.4, 0.5) is 0 Å². The molecule has 2 aliphatic heterocycles. The molecule has 5 fully saturated rings. The van der Waals surface area contributed by atoms with Gasteiger partial charge in [-0.1, -0.05) is 52.3 Å². The first-order valence-electron chi connectivity index (χ1n) is 22.6. The summed E-state index contributed by atoms with van der Waals surface area (Å²) in [5.74, 6) is -5.16. The summed E-state index contributed by atoms with van der Waals surface area (Å²) in [6.45, 7) is 15.3. The third-order valence-electron chi connectivity index (χ3n) is 18.5. The van der Waals surface area contributed by atoms with Crippen LogP contribution in [-0.4, -0.2) is 134 Å². The average molecular weight is 891 g/mol. The van der Waals surface area contributed by atoms with Gasteiger partial charge in [0.1, 0.15) is 24.4 Å². The molecule has 0 aromatic heterocycles. The minimum atomic E-state index is -1.75. The lowest BCUT2D eigenvalue weighted by Gasteiger charge is -2.72. The maximum atomic E-state index is 14.0. The Labute approximate surface area is 369 Å². The molecule has 4 saturated carbocycles. The van der Waals surface area contributed by atoms with Crippen molar-refractivity contribution >= 4 is 17.9 Å². The van der Waals surface area contributed by atoms with Crippen LogP contribution in [0.2, 0.25) is 0 Å². The number of esters is 2. The van der Waals surface area contributed by atoms with Crippen LogP contribution in [0, 0.1) is 62.6 Å². The summed E-state index contributed by atoms with van der Waals surface area (Å²) in [5, 5.41) is 87.4. The molecule has 2 heterocycles. The molecule has 0 unspecified atom stereocenters. The SMILES string of the molecule is C=C[C@H]1[C@H](O[C@@H]2O[C@H](CO)[C@@H](O)[C@H](O)[C@H]2O)OC=C(C(=O)OC)[C@H]1CC(=O)OC[C@]1(C)[C@@H]2CC[C@]3(C)[C@H](CC=C4[C@H]5[C@](C(=O)O)(CC[C@@H](C)[C@@]5(C)O)CC[C@]43C)[C@@]2(C)C[C@@H](O)[C@@H]1O. The van der Waals surface area contributed by atoms with E-state index in [1.807, 2.05) is 20.8 Å². The topological polar surface area (TPSA) is 259 Å². The van der Waals surface area contributed by atoms with E-state index in [0.717, 1.165) is 18.3 Å². The maximum Gasteiger partial charge on any atom is 0.337 e. The van der Waals surface area contributed by atoms with Gasteiger partial charge in [-0.3, -0.25) is 9.59 Å². The number of aliphatic carboxylic acids is 1. The van der Waals surface area contributed by atoms with Crippen molar-refractivity contribution in [3.63, 3.8) is 0 Å². The number of hydrogen-bond donors (Lipinski definition) is 8. The van der Waals surface area contributed by atoms with Crippen molar-refractivity contribution in [1.29, 1.82) is 0 Å². The number of methoxy groups -OCH3 is 1. The van der Waals surface area contributed by atoms with Crippen molar-refractivity contribution in [2.45, 2.75) is 154 Å². The van der Waals surface area contributed by atoms with Gasteiger partial charge in [-0.15, -0.1) is 6.58 Å². The summed E-state index contributed by atoms with van der Waals surface area (Å²) in [5.41, 5.74) is -3.72. The molecule has 0 aromatic rings. The molecule has 5 aliphatic carbocycles. The largest absolute Gasteiger partial charge is 0.481 e. The summed E-state index contributed by atoms with van der Waals surface area (Å²) < 4.78 is 28.2. The van der Waals surface area contributed by atoms with Gasteiger partial charge in [0.2, 0.25) is 6.29 Å². The maximum absolute atomic E-state index is 14.0. The highest BCUT2D eigenvalue weighted by Gasteiger charge is 2.72. The predicted molar refractivity (Wildman–Crippen MR) is 222 cm³/mol. The molecule has 354 valence electrons. The lowest BCUT2D eigenvalue weighted by molar-refractivity contribution is -0.339. The molecule has 0 amide bonds. The lowest BCUT2D eigenvalue weighted by atomic mass is 9.33. The molecular formula is C47H70O16. The van der Waals surface area contributed by atoms with E-state index in [9.17, 15) is 55.2 Å². The van der Waals surface area contributed by atoms with Gasteiger partial charge in [-0.2, -0.15) is 0 Å². The lowest BCUT2D eigenvalue weighted by Crippen LogP contribution is -2.69. The van der Waals surface area contributed by atoms with Gasteiger partial charge in [-0.25, -0.2) is 4.79 Å². The zero-order chi connectivity index (χ0) is 46.4. The molecule has 16 nitrogen and oxygen atoms in total. The molecule has 0 spiro atoms. The van der Waals surface area contributed by atoms with Crippen molar-refractivity contribution in [3.05, 3.63) is 36.1 Å². The van der Waals surface area contributed by atoms with Gasteiger partial charge < -0.3 is 64.5 Å². The Hall–Kier alpha value is -2.93. The van der Waals surface area contributed by atoms with E-state index in [1.54, 1.807) is 0 Å². The van der Waals surface area contributed by atoms with Gasteiger partial charge in [0, 0.05) is 23.2 Å². The number of carbonyl (C=O) groups excluding carboxylic acids is 2.